The highest BCUT2D eigenvalue weighted by Crippen LogP contribution is 2.31. The van der Waals surface area contributed by atoms with Crippen LogP contribution in [0.5, 0.6) is 0 Å². The van der Waals surface area contributed by atoms with Crippen LogP contribution in [0.3, 0.4) is 0 Å². The Labute approximate surface area is 141 Å². The van der Waals surface area contributed by atoms with Gasteiger partial charge in [-0.1, -0.05) is 41.9 Å². The predicted molar refractivity (Wildman–Crippen MR) is 96.2 cm³/mol. The van der Waals surface area contributed by atoms with Crippen LogP contribution in [-0.4, -0.2) is 29.4 Å². The van der Waals surface area contributed by atoms with Gasteiger partial charge in [-0.25, -0.2) is 0 Å². The topological polar surface area (TPSA) is 37.2 Å². The molecule has 2 atom stereocenters. The number of halogens is 1. The van der Waals surface area contributed by atoms with Gasteiger partial charge in [-0.05, 0) is 43.3 Å². The van der Waals surface area contributed by atoms with Crippen molar-refractivity contribution in [2.24, 2.45) is 0 Å². The van der Waals surface area contributed by atoms with Crippen molar-refractivity contribution in [1.82, 2.24) is 9.88 Å². The standard InChI is InChI=1S/C19H21ClN2O/c1-13-12-22(17-9-8-15(20)10-16(13)17)19(18(23)11-21-2)14-6-4-3-5-7-14/h3-10,12,18-19,21,23H,11H2,1-2H3. The molecule has 3 rings (SSSR count). The summed E-state index contributed by atoms with van der Waals surface area (Å²) in [5.41, 5.74) is 3.32. The molecule has 1 aromatic heterocycles. The van der Waals surface area contributed by atoms with Gasteiger partial charge in [0.2, 0.25) is 0 Å². The first-order chi connectivity index (χ1) is 11.1. The van der Waals surface area contributed by atoms with E-state index in [1.54, 1.807) is 0 Å². The molecule has 1 heterocycles. The summed E-state index contributed by atoms with van der Waals surface area (Å²) in [6, 6.07) is 15.9. The van der Waals surface area contributed by atoms with Crippen LogP contribution in [0.1, 0.15) is 17.2 Å². The first-order valence-electron chi connectivity index (χ1n) is 7.76. The van der Waals surface area contributed by atoms with Crippen LogP contribution in [0.2, 0.25) is 5.02 Å². The van der Waals surface area contributed by atoms with Crippen LogP contribution in [0.15, 0.2) is 54.7 Å². The molecule has 0 fully saturated rings. The zero-order valence-electron chi connectivity index (χ0n) is 13.3. The van der Waals surface area contributed by atoms with E-state index in [0.717, 1.165) is 27.1 Å². The molecule has 0 spiro atoms. The van der Waals surface area contributed by atoms with Gasteiger partial charge in [0.1, 0.15) is 0 Å². The summed E-state index contributed by atoms with van der Waals surface area (Å²) >= 11 is 6.14. The Hall–Kier alpha value is -1.81. The molecule has 0 amide bonds. The fourth-order valence-corrected chi connectivity index (χ4v) is 3.34. The molecule has 3 nitrogen and oxygen atoms in total. The maximum atomic E-state index is 10.7. The molecule has 0 aliphatic heterocycles. The van der Waals surface area contributed by atoms with Crippen LogP contribution in [-0.2, 0) is 0 Å². The van der Waals surface area contributed by atoms with E-state index in [2.05, 4.69) is 35.1 Å². The second-order valence-electron chi connectivity index (χ2n) is 5.86. The van der Waals surface area contributed by atoms with Gasteiger partial charge in [-0.3, -0.25) is 0 Å². The lowest BCUT2D eigenvalue weighted by atomic mass is 10.0. The SMILES string of the molecule is CNCC(O)C(c1ccccc1)n1cc(C)c2cc(Cl)ccc21. The van der Waals surface area contributed by atoms with Gasteiger partial charge in [0.25, 0.3) is 0 Å². The molecule has 0 aliphatic carbocycles. The molecule has 4 heteroatoms. The number of aromatic nitrogens is 1. The lowest BCUT2D eigenvalue weighted by molar-refractivity contribution is 0.132. The van der Waals surface area contributed by atoms with Crippen molar-refractivity contribution in [1.29, 1.82) is 0 Å². The van der Waals surface area contributed by atoms with Crippen molar-refractivity contribution in [3.8, 4) is 0 Å². The number of nitrogens with zero attached hydrogens (tertiary/aromatic N) is 1. The number of aryl methyl sites for hydroxylation is 1. The quantitative estimate of drug-likeness (QED) is 0.748. The minimum Gasteiger partial charge on any atom is -0.389 e. The zero-order valence-corrected chi connectivity index (χ0v) is 14.1. The Balaban J connectivity index is 2.17. The molecule has 0 radical (unpaired) electrons. The lowest BCUT2D eigenvalue weighted by Gasteiger charge is -2.26. The largest absolute Gasteiger partial charge is 0.389 e. The van der Waals surface area contributed by atoms with Crippen LogP contribution in [0, 0.1) is 6.92 Å². The smallest absolute Gasteiger partial charge is 0.0912 e. The summed E-state index contributed by atoms with van der Waals surface area (Å²) in [7, 11) is 1.85. The minimum atomic E-state index is -0.534. The Morgan fingerprint density at radius 2 is 1.91 bits per heavy atom. The van der Waals surface area contributed by atoms with E-state index in [1.807, 2.05) is 43.4 Å². The maximum Gasteiger partial charge on any atom is 0.0912 e. The van der Waals surface area contributed by atoms with Crippen molar-refractivity contribution >= 4 is 22.5 Å². The number of rotatable bonds is 5. The van der Waals surface area contributed by atoms with Gasteiger partial charge >= 0.3 is 0 Å². The average Bonchev–Trinajstić information content (AvgIpc) is 2.85. The predicted octanol–water partition coefficient (Wildman–Crippen LogP) is 3.77. The number of nitrogens with one attached hydrogen (secondary N) is 1. The number of fused-ring (bicyclic) bond motifs is 1. The first kappa shape index (κ1) is 16.1. The third-order valence-corrected chi connectivity index (χ3v) is 4.45. The van der Waals surface area contributed by atoms with Gasteiger partial charge < -0.3 is 15.0 Å². The molecule has 120 valence electrons. The number of aliphatic hydroxyl groups is 1. The molecular formula is C19H21ClN2O. The number of hydrogen-bond acceptors (Lipinski definition) is 2. The molecule has 2 N–H and O–H groups in total. The molecule has 2 unspecified atom stereocenters. The fourth-order valence-electron chi connectivity index (χ4n) is 3.17. The monoisotopic (exact) mass is 328 g/mol. The van der Waals surface area contributed by atoms with Gasteiger partial charge in [-0.15, -0.1) is 0 Å². The van der Waals surface area contributed by atoms with Gasteiger partial charge in [0, 0.05) is 28.7 Å². The molecule has 0 aliphatic rings. The highest BCUT2D eigenvalue weighted by molar-refractivity contribution is 6.31. The summed E-state index contributed by atoms with van der Waals surface area (Å²) in [6.07, 6.45) is 1.56. The van der Waals surface area contributed by atoms with E-state index in [9.17, 15) is 5.11 Å². The molecular weight excluding hydrogens is 308 g/mol. The van der Waals surface area contributed by atoms with E-state index in [-0.39, 0.29) is 6.04 Å². The molecule has 3 aromatic rings. The van der Waals surface area contributed by atoms with E-state index >= 15 is 0 Å². The highest BCUT2D eigenvalue weighted by Gasteiger charge is 2.24. The lowest BCUT2D eigenvalue weighted by Crippen LogP contribution is -2.33. The summed E-state index contributed by atoms with van der Waals surface area (Å²) < 4.78 is 2.15. The van der Waals surface area contributed by atoms with Crippen molar-refractivity contribution in [3.63, 3.8) is 0 Å². The molecule has 0 saturated heterocycles. The Bertz CT molecular complexity index is 798. The normalized spacial score (nSPS) is 14.1. The van der Waals surface area contributed by atoms with Crippen molar-refractivity contribution in [3.05, 3.63) is 70.9 Å². The highest BCUT2D eigenvalue weighted by atomic mass is 35.5. The third-order valence-electron chi connectivity index (χ3n) is 4.21. The number of aliphatic hydroxyl groups excluding tert-OH is 1. The number of hydrogen-bond donors (Lipinski definition) is 2. The van der Waals surface area contributed by atoms with Gasteiger partial charge in [0.15, 0.2) is 0 Å². The number of likely N-dealkylation sites (N-methyl/N-ethyl adjacent to an activating group) is 1. The van der Waals surface area contributed by atoms with Crippen molar-refractivity contribution in [2.75, 3.05) is 13.6 Å². The second-order valence-corrected chi connectivity index (χ2v) is 6.30. The average molecular weight is 329 g/mol. The summed E-state index contributed by atoms with van der Waals surface area (Å²) in [5, 5.41) is 15.6. The van der Waals surface area contributed by atoms with Crippen molar-refractivity contribution in [2.45, 2.75) is 19.1 Å². The zero-order chi connectivity index (χ0) is 16.4. The van der Waals surface area contributed by atoms with Crippen LogP contribution in [0.25, 0.3) is 10.9 Å². The van der Waals surface area contributed by atoms with E-state index in [0.29, 0.717) is 6.54 Å². The molecule has 0 bridgehead atoms. The summed E-state index contributed by atoms with van der Waals surface area (Å²) in [6.45, 7) is 2.59. The Morgan fingerprint density at radius 3 is 2.61 bits per heavy atom. The van der Waals surface area contributed by atoms with E-state index in [4.69, 9.17) is 11.6 Å². The molecule has 0 saturated carbocycles. The van der Waals surface area contributed by atoms with Crippen LogP contribution in [0.4, 0.5) is 0 Å². The Morgan fingerprint density at radius 1 is 1.17 bits per heavy atom. The number of benzene rings is 2. The molecule has 23 heavy (non-hydrogen) atoms. The minimum absolute atomic E-state index is 0.152. The van der Waals surface area contributed by atoms with E-state index in [1.165, 1.54) is 0 Å². The van der Waals surface area contributed by atoms with Crippen LogP contribution >= 0.6 is 11.6 Å². The van der Waals surface area contributed by atoms with Crippen LogP contribution < -0.4 is 5.32 Å². The molecule has 2 aromatic carbocycles. The maximum absolute atomic E-state index is 10.7. The Kier molecular flexibility index (Phi) is 4.71. The third kappa shape index (κ3) is 3.13. The fraction of sp³-hybridized carbons (Fsp3) is 0.263. The summed E-state index contributed by atoms with van der Waals surface area (Å²) in [4.78, 5) is 0. The van der Waals surface area contributed by atoms with Gasteiger partial charge in [0.05, 0.1) is 12.1 Å². The van der Waals surface area contributed by atoms with E-state index < -0.39 is 6.10 Å². The second kappa shape index (κ2) is 6.75. The first-order valence-corrected chi connectivity index (χ1v) is 8.14. The summed E-state index contributed by atoms with van der Waals surface area (Å²) in [5.74, 6) is 0. The van der Waals surface area contributed by atoms with Gasteiger partial charge in [-0.2, -0.15) is 0 Å². The van der Waals surface area contributed by atoms with Crippen molar-refractivity contribution < 1.29 is 5.11 Å².